The second kappa shape index (κ2) is 11.3. The number of urea groups is 1. The molecule has 1 fully saturated rings. The summed E-state index contributed by atoms with van der Waals surface area (Å²) < 4.78 is 13.6. The van der Waals surface area contributed by atoms with Gasteiger partial charge in [-0.1, -0.05) is 5.21 Å². The molecule has 3 heterocycles. The summed E-state index contributed by atoms with van der Waals surface area (Å²) in [6.45, 7) is 6.84. The number of hydrogen-bond donors (Lipinski definition) is 2. The fraction of sp³-hybridized carbons (Fsp3) is 0.478. The lowest BCUT2D eigenvalue weighted by molar-refractivity contribution is 0.203. The third-order valence-corrected chi connectivity index (χ3v) is 6.15. The van der Waals surface area contributed by atoms with E-state index in [-0.39, 0.29) is 12.1 Å². The van der Waals surface area contributed by atoms with Crippen molar-refractivity contribution in [2.75, 3.05) is 32.8 Å². The van der Waals surface area contributed by atoms with Gasteiger partial charge in [0.2, 0.25) is 5.88 Å². The summed E-state index contributed by atoms with van der Waals surface area (Å²) in [4.78, 5) is 18.2. The van der Waals surface area contributed by atoms with Crippen LogP contribution in [-0.4, -0.2) is 69.8 Å². The van der Waals surface area contributed by atoms with Crippen molar-refractivity contribution in [2.24, 2.45) is 5.73 Å². The van der Waals surface area contributed by atoms with E-state index >= 15 is 0 Å². The molecule has 2 aromatic heterocycles. The predicted molar refractivity (Wildman–Crippen MR) is 131 cm³/mol. The van der Waals surface area contributed by atoms with Crippen LogP contribution in [0.4, 0.5) is 4.79 Å². The molecule has 11 heteroatoms. The minimum Gasteiger partial charge on any atom is -0.491 e. The lowest BCUT2D eigenvalue weighted by Crippen LogP contribution is -2.31. The Morgan fingerprint density at radius 2 is 2.18 bits per heavy atom. The Labute approximate surface area is 203 Å². The average Bonchev–Trinajstić information content (AvgIpc) is 3.56. The number of nitrogens with two attached hydrogens (primary N) is 1. The summed E-state index contributed by atoms with van der Waals surface area (Å²) >= 11 is 1.50. The summed E-state index contributed by atoms with van der Waals surface area (Å²) in [5.74, 6) is 1.26. The van der Waals surface area contributed by atoms with Crippen molar-refractivity contribution in [1.82, 2.24) is 30.2 Å². The third-order valence-electron chi connectivity index (χ3n) is 5.29. The second-order valence-electron chi connectivity index (χ2n) is 8.31. The van der Waals surface area contributed by atoms with Gasteiger partial charge in [0.15, 0.2) is 0 Å². The number of carbonyl (C=O) groups excluding carboxylic acids is 1. The van der Waals surface area contributed by atoms with Gasteiger partial charge < -0.3 is 25.4 Å². The first-order valence-electron chi connectivity index (χ1n) is 11.6. The van der Waals surface area contributed by atoms with Gasteiger partial charge in [0.25, 0.3) is 0 Å². The minimum atomic E-state index is -0.0576. The summed E-state index contributed by atoms with van der Waals surface area (Å²) in [5, 5.41) is 14.1. The van der Waals surface area contributed by atoms with Crippen LogP contribution in [0.5, 0.6) is 11.6 Å². The van der Waals surface area contributed by atoms with Crippen molar-refractivity contribution in [2.45, 2.75) is 39.2 Å². The molecule has 0 unspecified atom stereocenters. The molecule has 1 aromatic carbocycles. The Morgan fingerprint density at radius 1 is 1.29 bits per heavy atom. The molecule has 3 N–H and O–H groups in total. The van der Waals surface area contributed by atoms with Crippen LogP contribution >= 0.6 is 11.3 Å². The molecule has 0 aliphatic carbocycles. The minimum absolute atomic E-state index is 0.0472. The SMILES string of the molecule is CC(C)Oc1csc(-c2ccc(-n3cc(CCCCN)nn3)cc2OCCN2CCNC2=O)n1. The molecule has 0 spiro atoms. The molecule has 34 heavy (non-hydrogen) atoms. The Kier molecular flexibility index (Phi) is 7.96. The zero-order valence-corrected chi connectivity index (χ0v) is 20.4. The van der Waals surface area contributed by atoms with E-state index in [1.54, 1.807) is 9.58 Å². The van der Waals surface area contributed by atoms with Crippen LogP contribution in [-0.2, 0) is 6.42 Å². The number of rotatable bonds is 12. The summed E-state index contributed by atoms with van der Waals surface area (Å²) in [5.41, 5.74) is 8.21. The van der Waals surface area contributed by atoms with Gasteiger partial charge >= 0.3 is 6.03 Å². The van der Waals surface area contributed by atoms with E-state index < -0.39 is 0 Å². The number of amides is 2. The molecule has 182 valence electrons. The van der Waals surface area contributed by atoms with Gasteiger partial charge in [-0.15, -0.1) is 16.4 Å². The Morgan fingerprint density at radius 3 is 2.94 bits per heavy atom. The highest BCUT2D eigenvalue weighted by Gasteiger charge is 2.20. The number of aryl methyl sites for hydroxylation is 1. The highest BCUT2D eigenvalue weighted by molar-refractivity contribution is 7.13. The lowest BCUT2D eigenvalue weighted by atomic mass is 10.2. The van der Waals surface area contributed by atoms with Crippen LogP contribution in [0, 0.1) is 0 Å². The first kappa shape index (κ1) is 24.0. The molecule has 4 rings (SSSR count). The highest BCUT2D eigenvalue weighted by Crippen LogP contribution is 2.36. The monoisotopic (exact) mass is 485 g/mol. The molecular weight excluding hydrogens is 454 g/mol. The molecular formula is C23H31N7O3S. The van der Waals surface area contributed by atoms with Crippen LogP contribution in [0.2, 0.25) is 0 Å². The van der Waals surface area contributed by atoms with Crippen molar-refractivity contribution in [3.05, 3.63) is 35.5 Å². The van der Waals surface area contributed by atoms with Crippen LogP contribution in [0.3, 0.4) is 0 Å². The highest BCUT2D eigenvalue weighted by atomic mass is 32.1. The molecule has 0 atom stereocenters. The number of ether oxygens (including phenoxy) is 2. The first-order chi connectivity index (χ1) is 16.5. The molecule has 0 saturated carbocycles. The molecule has 0 radical (unpaired) electrons. The van der Waals surface area contributed by atoms with E-state index in [0.717, 1.165) is 41.2 Å². The van der Waals surface area contributed by atoms with Gasteiger partial charge in [0.05, 0.1) is 41.2 Å². The van der Waals surface area contributed by atoms with Gasteiger partial charge in [-0.05, 0) is 51.8 Å². The van der Waals surface area contributed by atoms with Crippen molar-refractivity contribution < 1.29 is 14.3 Å². The van der Waals surface area contributed by atoms with Crippen molar-refractivity contribution in [3.63, 3.8) is 0 Å². The molecule has 1 saturated heterocycles. The fourth-order valence-electron chi connectivity index (χ4n) is 3.61. The Bertz CT molecular complexity index is 1100. The van der Waals surface area contributed by atoms with Gasteiger partial charge in [-0.2, -0.15) is 0 Å². The maximum Gasteiger partial charge on any atom is 0.317 e. The molecule has 0 bridgehead atoms. The zero-order chi connectivity index (χ0) is 23.9. The van der Waals surface area contributed by atoms with Crippen LogP contribution < -0.4 is 20.5 Å². The second-order valence-corrected chi connectivity index (χ2v) is 9.16. The number of thiazole rings is 1. The lowest BCUT2D eigenvalue weighted by Gasteiger charge is -2.16. The number of nitrogens with one attached hydrogen (secondary N) is 1. The van der Waals surface area contributed by atoms with Gasteiger partial charge in [0, 0.05) is 19.2 Å². The van der Waals surface area contributed by atoms with E-state index in [1.807, 2.05) is 43.6 Å². The summed E-state index contributed by atoms with van der Waals surface area (Å²) in [7, 11) is 0. The van der Waals surface area contributed by atoms with E-state index in [1.165, 1.54) is 11.3 Å². The molecule has 10 nitrogen and oxygen atoms in total. The van der Waals surface area contributed by atoms with E-state index in [9.17, 15) is 4.79 Å². The molecule has 3 aromatic rings. The smallest absolute Gasteiger partial charge is 0.317 e. The summed E-state index contributed by atoms with van der Waals surface area (Å²) in [6, 6.07) is 5.82. The van der Waals surface area contributed by atoms with Gasteiger partial charge in [-0.25, -0.2) is 14.5 Å². The number of aromatic nitrogens is 4. The fourth-order valence-corrected chi connectivity index (χ4v) is 4.37. The molecule has 2 amide bonds. The molecule has 1 aliphatic heterocycles. The normalized spacial score (nSPS) is 13.5. The van der Waals surface area contributed by atoms with E-state index in [0.29, 0.717) is 44.4 Å². The predicted octanol–water partition coefficient (Wildman–Crippen LogP) is 2.86. The van der Waals surface area contributed by atoms with Gasteiger partial charge in [-0.3, -0.25) is 0 Å². The Balaban J connectivity index is 1.55. The standard InChI is InChI=1S/C23H31N7O3S/c1-16(2)33-21-15-34-22(26-21)19-7-6-18(30-14-17(27-28-30)5-3-4-8-24)13-20(19)32-12-11-29-10-9-25-23(29)31/h6-7,13-16H,3-5,8-12,24H2,1-2H3,(H,25,31). The zero-order valence-electron chi connectivity index (χ0n) is 19.6. The van der Waals surface area contributed by atoms with Crippen molar-refractivity contribution in [1.29, 1.82) is 0 Å². The number of carbonyl (C=O) groups is 1. The van der Waals surface area contributed by atoms with E-state index in [4.69, 9.17) is 15.2 Å². The molecule has 1 aliphatic rings. The summed E-state index contributed by atoms with van der Waals surface area (Å²) in [6.07, 6.45) is 4.77. The van der Waals surface area contributed by atoms with Crippen molar-refractivity contribution >= 4 is 17.4 Å². The largest absolute Gasteiger partial charge is 0.491 e. The maximum atomic E-state index is 11.8. The number of unbranched alkanes of at least 4 members (excludes halogenated alkanes) is 1. The third kappa shape index (κ3) is 6.03. The number of hydrogen-bond acceptors (Lipinski definition) is 8. The quantitative estimate of drug-likeness (QED) is 0.379. The first-order valence-corrected chi connectivity index (χ1v) is 12.5. The average molecular weight is 486 g/mol. The Hall–Kier alpha value is -3.18. The topological polar surface area (TPSA) is 120 Å². The van der Waals surface area contributed by atoms with Crippen LogP contribution in [0.25, 0.3) is 16.3 Å². The number of nitrogens with zero attached hydrogens (tertiary/aromatic N) is 5. The van der Waals surface area contributed by atoms with E-state index in [2.05, 4.69) is 20.6 Å². The van der Waals surface area contributed by atoms with Gasteiger partial charge in [0.1, 0.15) is 17.4 Å². The van der Waals surface area contributed by atoms with Crippen LogP contribution in [0.15, 0.2) is 29.8 Å². The maximum absolute atomic E-state index is 11.8. The van der Waals surface area contributed by atoms with Crippen LogP contribution in [0.1, 0.15) is 32.4 Å². The number of benzene rings is 1. The van der Waals surface area contributed by atoms with Crippen molar-refractivity contribution in [3.8, 4) is 27.9 Å².